The summed E-state index contributed by atoms with van der Waals surface area (Å²) >= 11 is 0. The van der Waals surface area contributed by atoms with Gasteiger partial charge in [0.15, 0.2) is 9.84 Å². The molecule has 1 aliphatic heterocycles. The lowest BCUT2D eigenvalue weighted by atomic mass is 10.1. The Morgan fingerprint density at radius 3 is 2.48 bits per heavy atom. The van der Waals surface area contributed by atoms with Crippen molar-refractivity contribution >= 4 is 21.4 Å². The first kappa shape index (κ1) is 20.7. The molecule has 4 rings (SSSR count). The van der Waals surface area contributed by atoms with Crippen molar-refractivity contribution in [1.82, 2.24) is 15.1 Å². The van der Waals surface area contributed by atoms with Crippen LogP contribution in [0.25, 0.3) is 16.9 Å². The predicted octanol–water partition coefficient (Wildman–Crippen LogP) is 2.29. The number of hydrogen-bond donors (Lipinski definition) is 1. The number of carbonyl (C=O) groups is 1. The second-order valence-electron chi connectivity index (χ2n) is 7.43. The molecular weight excluding hydrogens is 420 g/mol. The molecule has 2 aromatic carbocycles. The monoisotopic (exact) mass is 440 g/mol. The summed E-state index contributed by atoms with van der Waals surface area (Å²) in [6, 6.07) is 15.0. The average molecular weight is 440 g/mol. The zero-order chi connectivity index (χ0) is 22.0. The first-order valence-electron chi connectivity index (χ1n) is 9.69. The average Bonchev–Trinajstić information content (AvgIpc) is 3.31. The van der Waals surface area contributed by atoms with E-state index in [0.29, 0.717) is 23.2 Å². The molecule has 0 aliphatic carbocycles. The number of nitrogens with one attached hydrogen (secondary N) is 1. The van der Waals surface area contributed by atoms with Gasteiger partial charge in [-0.1, -0.05) is 18.2 Å². The fourth-order valence-corrected chi connectivity index (χ4v) is 5.27. The van der Waals surface area contributed by atoms with Crippen molar-refractivity contribution in [1.29, 1.82) is 0 Å². The third-order valence-corrected chi connectivity index (χ3v) is 6.88. The Morgan fingerprint density at radius 1 is 1.16 bits per heavy atom. The number of nitrogens with zero attached hydrogens (tertiary/aromatic N) is 3. The molecule has 0 radical (unpaired) electrons. The normalized spacial score (nSPS) is 17.4. The van der Waals surface area contributed by atoms with Gasteiger partial charge in [0, 0.05) is 35.5 Å². The smallest absolute Gasteiger partial charge is 0.269 e. The van der Waals surface area contributed by atoms with Crippen LogP contribution < -0.4 is 5.32 Å². The summed E-state index contributed by atoms with van der Waals surface area (Å²) in [6.45, 7) is 0. The standard InChI is InChI=1S/C21H20N4O5S/c26-20(22-17-10-11-31(29,30)14-17)12-16-13-24(18-4-2-1-3-5-18)23-21(16)15-6-8-19(9-7-15)25(27)28/h1-9,13,17H,10-12,14H2,(H,22,26). The number of nitro groups is 1. The third-order valence-electron chi connectivity index (χ3n) is 5.11. The molecule has 10 heteroatoms. The number of sulfone groups is 1. The molecule has 1 aromatic heterocycles. The molecule has 0 saturated carbocycles. The van der Waals surface area contributed by atoms with Gasteiger partial charge >= 0.3 is 0 Å². The van der Waals surface area contributed by atoms with E-state index in [4.69, 9.17) is 0 Å². The molecule has 1 saturated heterocycles. The predicted molar refractivity (Wildman–Crippen MR) is 115 cm³/mol. The highest BCUT2D eigenvalue weighted by atomic mass is 32.2. The van der Waals surface area contributed by atoms with Crippen molar-refractivity contribution in [3.05, 3.63) is 76.5 Å². The maximum Gasteiger partial charge on any atom is 0.269 e. The van der Waals surface area contributed by atoms with Crippen LogP contribution >= 0.6 is 0 Å². The number of nitro benzene ring substituents is 1. The molecule has 1 unspecified atom stereocenters. The van der Waals surface area contributed by atoms with Crippen LogP contribution in [-0.2, 0) is 21.1 Å². The molecular formula is C21H20N4O5S. The Bertz CT molecular complexity index is 1220. The van der Waals surface area contributed by atoms with E-state index in [-0.39, 0.29) is 35.6 Å². The van der Waals surface area contributed by atoms with E-state index in [1.807, 2.05) is 30.3 Å². The van der Waals surface area contributed by atoms with Crippen LogP contribution in [0, 0.1) is 10.1 Å². The van der Waals surface area contributed by atoms with E-state index >= 15 is 0 Å². The summed E-state index contributed by atoms with van der Waals surface area (Å²) in [5.41, 5.74) is 2.59. The molecule has 1 N–H and O–H groups in total. The second kappa shape index (κ2) is 8.31. The number of amides is 1. The van der Waals surface area contributed by atoms with Crippen LogP contribution in [0.5, 0.6) is 0 Å². The molecule has 1 fully saturated rings. The molecule has 160 valence electrons. The Labute approximate surface area is 178 Å². The van der Waals surface area contributed by atoms with E-state index in [9.17, 15) is 23.3 Å². The molecule has 31 heavy (non-hydrogen) atoms. The minimum Gasteiger partial charge on any atom is -0.352 e. The van der Waals surface area contributed by atoms with Crippen molar-refractivity contribution in [2.24, 2.45) is 0 Å². The Balaban J connectivity index is 1.62. The highest BCUT2D eigenvalue weighted by Gasteiger charge is 2.29. The summed E-state index contributed by atoms with van der Waals surface area (Å²) in [5, 5.41) is 18.3. The van der Waals surface area contributed by atoms with E-state index < -0.39 is 14.8 Å². The lowest BCUT2D eigenvalue weighted by molar-refractivity contribution is -0.384. The van der Waals surface area contributed by atoms with Gasteiger partial charge in [-0.2, -0.15) is 5.10 Å². The summed E-state index contributed by atoms with van der Waals surface area (Å²) < 4.78 is 24.9. The summed E-state index contributed by atoms with van der Waals surface area (Å²) in [7, 11) is -3.09. The Morgan fingerprint density at radius 2 is 1.87 bits per heavy atom. The zero-order valence-corrected chi connectivity index (χ0v) is 17.3. The van der Waals surface area contributed by atoms with Gasteiger partial charge in [0.05, 0.1) is 34.2 Å². The number of carbonyl (C=O) groups excluding carboxylic acids is 1. The molecule has 9 nitrogen and oxygen atoms in total. The van der Waals surface area contributed by atoms with Crippen LogP contribution in [0.15, 0.2) is 60.8 Å². The number of hydrogen-bond acceptors (Lipinski definition) is 6. The van der Waals surface area contributed by atoms with Gasteiger partial charge in [0.25, 0.3) is 5.69 Å². The van der Waals surface area contributed by atoms with Crippen molar-refractivity contribution in [3.63, 3.8) is 0 Å². The van der Waals surface area contributed by atoms with E-state index in [0.717, 1.165) is 5.69 Å². The van der Waals surface area contributed by atoms with Gasteiger partial charge in [-0.05, 0) is 30.7 Å². The summed E-state index contributed by atoms with van der Waals surface area (Å²) in [6.07, 6.45) is 2.17. The van der Waals surface area contributed by atoms with Crippen LogP contribution in [-0.4, -0.2) is 46.6 Å². The summed E-state index contributed by atoms with van der Waals surface area (Å²) in [4.78, 5) is 23.1. The van der Waals surface area contributed by atoms with Crippen LogP contribution in [0.3, 0.4) is 0 Å². The molecule has 1 amide bonds. The van der Waals surface area contributed by atoms with Gasteiger partial charge in [-0.3, -0.25) is 14.9 Å². The first-order chi connectivity index (χ1) is 14.8. The zero-order valence-electron chi connectivity index (χ0n) is 16.5. The van der Waals surface area contributed by atoms with Gasteiger partial charge in [0.1, 0.15) is 0 Å². The van der Waals surface area contributed by atoms with Gasteiger partial charge in [0.2, 0.25) is 5.91 Å². The van der Waals surface area contributed by atoms with Crippen LogP contribution in [0.2, 0.25) is 0 Å². The third kappa shape index (κ3) is 4.80. The quantitative estimate of drug-likeness (QED) is 0.463. The largest absolute Gasteiger partial charge is 0.352 e. The molecule has 0 spiro atoms. The topological polar surface area (TPSA) is 124 Å². The van der Waals surface area contributed by atoms with Crippen LogP contribution in [0.1, 0.15) is 12.0 Å². The van der Waals surface area contributed by atoms with Crippen molar-refractivity contribution < 1.29 is 18.1 Å². The van der Waals surface area contributed by atoms with E-state index in [2.05, 4.69) is 10.4 Å². The van der Waals surface area contributed by atoms with Gasteiger partial charge in [-0.25, -0.2) is 13.1 Å². The molecule has 1 atom stereocenters. The summed E-state index contributed by atoms with van der Waals surface area (Å²) in [5.74, 6) is -0.257. The van der Waals surface area contributed by atoms with Crippen molar-refractivity contribution in [2.75, 3.05) is 11.5 Å². The Hall–Kier alpha value is -3.53. The molecule has 2 heterocycles. The van der Waals surface area contributed by atoms with E-state index in [1.54, 1.807) is 23.0 Å². The van der Waals surface area contributed by atoms with Crippen LogP contribution in [0.4, 0.5) is 5.69 Å². The molecule has 1 aliphatic rings. The van der Waals surface area contributed by atoms with Crippen molar-refractivity contribution in [2.45, 2.75) is 18.9 Å². The number of aromatic nitrogens is 2. The highest BCUT2D eigenvalue weighted by Crippen LogP contribution is 2.26. The van der Waals surface area contributed by atoms with Crippen molar-refractivity contribution in [3.8, 4) is 16.9 Å². The number of benzene rings is 2. The fraction of sp³-hybridized carbons (Fsp3) is 0.238. The minimum absolute atomic E-state index is 0.00963. The second-order valence-corrected chi connectivity index (χ2v) is 9.66. The maximum atomic E-state index is 12.6. The molecule has 0 bridgehead atoms. The molecule has 3 aromatic rings. The lowest BCUT2D eigenvalue weighted by Crippen LogP contribution is -2.36. The van der Waals surface area contributed by atoms with Gasteiger partial charge < -0.3 is 5.32 Å². The van der Waals surface area contributed by atoms with E-state index in [1.165, 1.54) is 12.1 Å². The Kier molecular flexibility index (Phi) is 5.55. The fourth-order valence-electron chi connectivity index (χ4n) is 3.60. The SMILES string of the molecule is O=C(Cc1cn(-c2ccccc2)nc1-c1ccc([N+](=O)[O-])cc1)NC1CCS(=O)(=O)C1. The minimum atomic E-state index is -3.09. The lowest BCUT2D eigenvalue weighted by Gasteiger charge is -2.10. The van der Waals surface area contributed by atoms with Gasteiger partial charge in [-0.15, -0.1) is 0 Å². The maximum absolute atomic E-state index is 12.6. The number of para-hydroxylation sites is 1. The number of rotatable bonds is 6. The highest BCUT2D eigenvalue weighted by molar-refractivity contribution is 7.91. The number of non-ortho nitro benzene ring substituents is 1. The first-order valence-corrected chi connectivity index (χ1v) is 11.5.